The van der Waals surface area contributed by atoms with Crippen molar-refractivity contribution >= 4 is 5.97 Å². The lowest BCUT2D eigenvalue weighted by Gasteiger charge is -2.14. The van der Waals surface area contributed by atoms with E-state index >= 15 is 0 Å². The number of hydrogen-bond donors (Lipinski definition) is 1. The van der Waals surface area contributed by atoms with Crippen LogP contribution < -0.4 is 5.56 Å². The number of carbonyl (C=O) groups excluding carboxylic acids is 1. The van der Waals surface area contributed by atoms with Crippen molar-refractivity contribution in [3.05, 3.63) is 76.2 Å². The molecule has 7 heteroatoms. The molecular formula is C18H18N4O3. The largest absolute Gasteiger partial charge is 0.454 e. The number of aromatic nitrogens is 4. The summed E-state index contributed by atoms with van der Waals surface area (Å²) in [6.07, 6.45) is 3.26. The minimum absolute atomic E-state index is 0.256. The Hall–Kier alpha value is -3.22. The molecule has 2 aromatic heterocycles. The van der Waals surface area contributed by atoms with E-state index < -0.39 is 12.1 Å². The molecule has 0 aliphatic heterocycles. The standard InChI is InChI=1S/C18H18N4O3/c1-3-15-8-14(9-17(23)21-15)18(24)25-12(2)13-4-6-16(7-5-13)22-11-19-10-20-22/h4-12H,3H2,1-2H3,(H,21,23)/t12-/m1/s1. The van der Waals surface area contributed by atoms with Gasteiger partial charge in [-0.25, -0.2) is 14.5 Å². The van der Waals surface area contributed by atoms with Crippen LogP contribution in [-0.2, 0) is 11.2 Å². The Bertz CT molecular complexity index is 914. The van der Waals surface area contributed by atoms with Crippen molar-refractivity contribution in [3.8, 4) is 5.69 Å². The van der Waals surface area contributed by atoms with Crippen molar-refractivity contribution in [2.45, 2.75) is 26.4 Å². The van der Waals surface area contributed by atoms with E-state index in [0.29, 0.717) is 12.1 Å². The molecule has 0 saturated heterocycles. The third-order valence-corrected chi connectivity index (χ3v) is 3.85. The lowest BCUT2D eigenvalue weighted by atomic mass is 10.1. The molecule has 0 spiro atoms. The SMILES string of the molecule is CCc1cc(C(=O)O[C@H](C)c2ccc(-n3cncn3)cc2)cc(=O)[nH]1. The second-order valence-electron chi connectivity index (χ2n) is 5.59. The lowest BCUT2D eigenvalue weighted by Crippen LogP contribution is -2.15. The zero-order chi connectivity index (χ0) is 17.8. The van der Waals surface area contributed by atoms with Gasteiger partial charge in [-0.15, -0.1) is 0 Å². The fourth-order valence-electron chi connectivity index (χ4n) is 2.45. The predicted octanol–water partition coefficient (Wildman–Crippen LogP) is 2.44. The van der Waals surface area contributed by atoms with Crippen molar-refractivity contribution in [3.63, 3.8) is 0 Å². The zero-order valence-electron chi connectivity index (χ0n) is 14.0. The highest BCUT2D eigenvalue weighted by molar-refractivity contribution is 5.89. The Kier molecular flexibility index (Phi) is 4.74. The molecule has 0 fully saturated rings. The number of ether oxygens (including phenoxy) is 1. The zero-order valence-corrected chi connectivity index (χ0v) is 14.0. The molecule has 0 radical (unpaired) electrons. The van der Waals surface area contributed by atoms with E-state index in [-0.39, 0.29) is 11.1 Å². The van der Waals surface area contributed by atoms with Crippen LogP contribution in [0, 0.1) is 0 Å². The molecule has 0 aliphatic carbocycles. The Morgan fingerprint density at radius 2 is 2.04 bits per heavy atom. The van der Waals surface area contributed by atoms with E-state index in [4.69, 9.17) is 4.74 Å². The summed E-state index contributed by atoms with van der Waals surface area (Å²) in [5, 5.41) is 4.06. The van der Waals surface area contributed by atoms with Crippen LogP contribution in [0.15, 0.2) is 53.8 Å². The van der Waals surface area contributed by atoms with Crippen molar-refractivity contribution in [1.82, 2.24) is 19.7 Å². The number of hydrogen-bond acceptors (Lipinski definition) is 5. The summed E-state index contributed by atoms with van der Waals surface area (Å²) in [6.45, 7) is 3.69. The molecule has 0 aliphatic rings. The van der Waals surface area contributed by atoms with Crippen molar-refractivity contribution in [2.24, 2.45) is 0 Å². The van der Waals surface area contributed by atoms with Gasteiger partial charge in [-0.2, -0.15) is 5.10 Å². The quantitative estimate of drug-likeness (QED) is 0.722. The predicted molar refractivity (Wildman–Crippen MR) is 91.6 cm³/mol. The third kappa shape index (κ3) is 3.82. The number of aromatic amines is 1. The maximum atomic E-state index is 12.3. The Labute approximate surface area is 144 Å². The van der Waals surface area contributed by atoms with Gasteiger partial charge in [0.05, 0.1) is 11.3 Å². The summed E-state index contributed by atoms with van der Waals surface area (Å²) >= 11 is 0. The Morgan fingerprint density at radius 3 is 2.68 bits per heavy atom. The fraction of sp³-hybridized carbons (Fsp3) is 0.222. The minimum Gasteiger partial charge on any atom is -0.454 e. The molecular weight excluding hydrogens is 320 g/mol. The first-order chi connectivity index (χ1) is 12.1. The van der Waals surface area contributed by atoms with Crippen LogP contribution in [0.3, 0.4) is 0 Å². The number of pyridine rings is 1. The van der Waals surface area contributed by atoms with Crippen molar-refractivity contribution < 1.29 is 9.53 Å². The van der Waals surface area contributed by atoms with E-state index in [9.17, 15) is 9.59 Å². The summed E-state index contributed by atoms with van der Waals surface area (Å²) in [5.41, 5.74) is 2.35. The highest BCUT2D eigenvalue weighted by Gasteiger charge is 2.15. The number of nitrogens with zero attached hydrogens (tertiary/aromatic N) is 3. The molecule has 0 saturated carbocycles. The van der Waals surface area contributed by atoms with Crippen LogP contribution in [0.2, 0.25) is 0 Å². The number of H-pyrrole nitrogens is 1. The van der Waals surface area contributed by atoms with Crippen LogP contribution in [0.5, 0.6) is 0 Å². The number of aryl methyl sites for hydroxylation is 1. The van der Waals surface area contributed by atoms with E-state index in [0.717, 1.165) is 11.3 Å². The van der Waals surface area contributed by atoms with Gasteiger partial charge < -0.3 is 9.72 Å². The third-order valence-electron chi connectivity index (χ3n) is 3.85. The van der Waals surface area contributed by atoms with Crippen LogP contribution in [-0.4, -0.2) is 25.7 Å². The van der Waals surface area contributed by atoms with Crippen LogP contribution >= 0.6 is 0 Å². The lowest BCUT2D eigenvalue weighted by molar-refractivity contribution is 0.0337. The van der Waals surface area contributed by atoms with Gasteiger partial charge in [-0.05, 0) is 37.1 Å². The van der Waals surface area contributed by atoms with Gasteiger partial charge >= 0.3 is 5.97 Å². The molecule has 7 nitrogen and oxygen atoms in total. The van der Waals surface area contributed by atoms with Crippen LogP contribution in [0.25, 0.3) is 5.69 Å². The minimum atomic E-state index is -0.520. The van der Waals surface area contributed by atoms with Gasteiger partial charge in [0.1, 0.15) is 18.8 Å². The average molecular weight is 338 g/mol. The molecule has 3 aromatic rings. The average Bonchev–Trinajstić information content (AvgIpc) is 3.15. The van der Waals surface area contributed by atoms with Gasteiger partial charge in [0, 0.05) is 11.8 Å². The molecule has 2 heterocycles. The van der Waals surface area contributed by atoms with Gasteiger partial charge in [0.15, 0.2) is 0 Å². The summed E-state index contributed by atoms with van der Waals surface area (Å²) < 4.78 is 7.12. The number of nitrogens with one attached hydrogen (secondary N) is 1. The van der Waals surface area contributed by atoms with Crippen molar-refractivity contribution in [1.29, 1.82) is 0 Å². The second kappa shape index (κ2) is 7.12. The summed E-state index contributed by atoms with van der Waals surface area (Å²) in [4.78, 5) is 30.5. The maximum absolute atomic E-state index is 12.3. The van der Waals surface area contributed by atoms with Crippen LogP contribution in [0.4, 0.5) is 0 Å². The monoisotopic (exact) mass is 338 g/mol. The number of carbonyl (C=O) groups is 1. The highest BCUT2D eigenvalue weighted by Crippen LogP contribution is 2.20. The van der Waals surface area contributed by atoms with E-state index in [1.165, 1.54) is 12.4 Å². The fourth-order valence-corrected chi connectivity index (χ4v) is 2.45. The summed E-state index contributed by atoms with van der Waals surface area (Å²) in [7, 11) is 0. The smallest absolute Gasteiger partial charge is 0.338 e. The molecule has 25 heavy (non-hydrogen) atoms. The van der Waals surface area contributed by atoms with Gasteiger partial charge in [0.2, 0.25) is 5.56 Å². The molecule has 3 rings (SSSR count). The first-order valence-corrected chi connectivity index (χ1v) is 7.96. The van der Waals surface area contributed by atoms with E-state index in [2.05, 4.69) is 15.1 Å². The molecule has 128 valence electrons. The molecule has 0 unspecified atom stereocenters. The Morgan fingerprint density at radius 1 is 1.28 bits per heavy atom. The van der Waals surface area contributed by atoms with Gasteiger partial charge in [-0.3, -0.25) is 4.79 Å². The van der Waals surface area contributed by atoms with Gasteiger partial charge in [0.25, 0.3) is 0 Å². The topological polar surface area (TPSA) is 89.9 Å². The van der Waals surface area contributed by atoms with Gasteiger partial charge in [-0.1, -0.05) is 19.1 Å². The van der Waals surface area contributed by atoms with Crippen molar-refractivity contribution in [2.75, 3.05) is 0 Å². The number of rotatable bonds is 5. The number of benzene rings is 1. The summed E-state index contributed by atoms with van der Waals surface area (Å²) in [6, 6.07) is 10.4. The molecule has 1 aromatic carbocycles. The highest BCUT2D eigenvalue weighted by atomic mass is 16.5. The first-order valence-electron chi connectivity index (χ1n) is 7.96. The Balaban J connectivity index is 1.73. The second-order valence-corrected chi connectivity index (χ2v) is 5.59. The van der Waals surface area contributed by atoms with E-state index in [1.54, 1.807) is 24.0 Å². The normalized spacial score (nSPS) is 11.9. The van der Waals surface area contributed by atoms with Crippen LogP contribution in [0.1, 0.15) is 41.6 Å². The molecule has 0 amide bonds. The summed E-state index contributed by atoms with van der Waals surface area (Å²) in [5.74, 6) is -0.520. The molecule has 1 atom stereocenters. The molecule has 0 bridgehead atoms. The van der Waals surface area contributed by atoms with E-state index in [1.807, 2.05) is 31.2 Å². The maximum Gasteiger partial charge on any atom is 0.338 e. The molecule has 1 N–H and O–H groups in total. The first kappa shape index (κ1) is 16.6. The number of esters is 1.